The fourth-order valence-electron chi connectivity index (χ4n) is 2.76. The van der Waals surface area contributed by atoms with Crippen LogP contribution in [-0.4, -0.2) is 37.8 Å². The molecule has 0 saturated carbocycles. The van der Waals surface area contributed by atoms with Crippen LogP contribution in [0.15, 0.2) is 54.6 Å². The van der Waals surface area contributed by atoms with Crippen LogP contribution in [0.4, 0.5) is 10.5 Å². The van der Waals surface area contributed by atoms with Gasteiger partial charge in [0.15, 0.2) is 0 Å². The Labute approximate surface area is 148 Å². The highest BCUT2D eigenvalue weighted by molar-refractivity contribution is 6.32. The van der Waals surface area contributed by atoms with Gasteiger partial charge in [-0.05, 0) is 24.1 Å². The van der Waals surface area contributed by atoms with Crippen molar-refractivity contribution in [1.29, 1.82) is 0 Å². The molecule has 0 aromatic heterocycles. The van der Waals surface area contributed by atoms with Crippen LogP contribution in [0.3, 0.4) is 0 Å². The molecule has 0 bridgehead atoms. The van der Waals surface area contributed by atoms with Gasteiger partial charge in [0.25, 0.3) is 0 Å². The van der Waals surface area contributed by atoms with Crippen LogP contribution >= 0.6 is 0 Å². The summed E-state index contributed by atoms with van der Waals surface area (Å²) in [5, 5.41) is 2.86. The third-order valence-corrected chi connectivity index (χ3v) is 4.20. The van der Waals surface area contributed by atoms with Crippen molar-refractivity contribution in [2.75, 3.05) is 18.4 Å². The highest BCUT2D eigenvalue weighted by Gasteiger charge is 2.31. The van der Waals surface area contributed by atoms with Crippen molar-refractivity contribution in [3.05, 3.63) is 60.2 Å². The van der Waals surface area contributed by atoms with Gasteiger partial charge >= 0.3 is 6.09 Å². The number of carbonyl (C=O) groups is 2. The van der Waals surface area contributed by atoms with E-state index in [0.29, 0.717) is 30.7 Å². The van der Waals surface area contributed by atoms with Crippen LogP contribution in [-0.2, 0) is 16.1 Å². The zero-order chi connectivity index (χ0) is 17.6. The van der Waals surface area contributed by atoms with E-state index < -0.39 is 0 Å². The number of hydrogen-bond acceptors (Lipinski definition) is 3. The second-order valence-electron chi connectivity index (χ2n) is 6.08. The monoisotopic (exact) mass is 334 g/mol. The molecule has 1 unspecified atom stereocenters. The molecule has 6 heteroatoms. The Morgan fingerprint density at radius 3 is 2.56 bits per heavy atom. The van der Waals surface area contributed by atoms with Crippen molar-refractivity contribution in [1.82, 2.24) is 4.90 Å². The molecule has 1 aliphatic rings. The van der Waals surface area contributed by atoms with E-state index in [0.717, 1.165) is 5.56 Å². The van der Waals surface area contributed by atoms with Gasteiger partial charge in [0.05, 0.1) is 5.92 Å². The lowest BCUT2D eigenvalue weighted by atomic mass is 9.96. The molecule has 1 aliphatic heterocycles. The molecule has 2 aromatic carbocycles. The van der Waals surface area contributed by atoms with Crippen molar-refractivity contribution in [2.45, 2.75) is 13.0 Å². The van der Waals surface area contributed by atoms with Crippen LogP contribution < -0.4 is 10.8 Å². The van der Waals surface area contributed by atoms with Gasteiger partial charge in [-0.2, -0.15) is 0 Å². The number of amides is 2. The summed E-state index contributed by atoms with van der Waals surface area (Å²) in [7, 11) is 5.63. The number of carbonyl (C=O) groups excluding carboxylic acids is 2. The molecule has 1 atom stereocenters. The van der Waals surface area contributed by atoms with E-state index in [1.807, 2.05) is 30.3 Å². The molecule has 1 N–H and O–H groups in total. The van der Waals surface area contributed by atoms with Gasteiger partial charge < -0.3 is 15.0 Å². The second kappa shape index (κ2) is 7.88. The average molecular weight is 334 g/mol. The molecule has 3 rings (SSSR count). The predicted octanol–water partition coefficient (Wildman–Crippen LogP) is 2.08. The van der Waals surface area contributed by atoms with Crippen LogP contribution in [0.1, 0.15) is 12.0 Å². The van der Waals surface area contributed by atoms with Gasteiger partial charge in [-0.1, -0.05) is 47.9 Å². The van der Waals surface area contributed by atoms with Crippen molar-refractivity contribution < 1.29 is 14.3 Å². The summed E-state index contributed by atoms with van der Waals surface area (Å²) in [6.07, 6.45) is 0.243. The molecular weight excluding hydrogens is 315 g/mol. The summed E-state index contributed by atoms with van der Waals surface area (Å²) >= 11 is 0. The Bertz CT molecular complexity index is 734. The smallest absolute Gasteiger partial charge is 0.410 e. The molecule has 126 valence electrons. The van der Waals surface area contributed by atoms with E-state index in [4.69, 9.17) is 12.6 Å². The van der Waals surface area contributed by atoms with Crippen LogP contribution in [0.5, 0.6) is 0 Å². The Morgan fingerprint density at radius 1 is 1.12 bits per heavy atom. The van der Waals surface area contributed by atoms with Crippen molar-refractivity contribution in [3.63, 3.8) is 0 Å². The lowest BCUT2D eigenvalue weighted by Gasteiger charge is -2.16. The van der Waals surface area contributed by atoms with Crippen molar-refractivity contribution in [3.8, 4) is 0 Å². The fourth-order valence-corrected chi connectivity index (χ4v) is 2.76. The highest BCUT2D eigenvalue weighted by Crippen LogP contribution is 2.19. The van der Waals surface area contributed by atoms with Gasteiger partial charge in [-0.15, -0.1) is 0 Å². The summed E-state index contributed by atoms with van der Waals surface area (Å²) in [4.78, 5) is 26.0. The van der Waals surface area contributed by atoms with E-state index in [9.17, 15) is 9.59 Å². The number of likely N-dealkylation sites (tertiary alicyclic amines) is 1. The van der Waals surface area contributed by atoms with E-state index in [2.05, 4.69) is 5.32 Å². The number of ether oxygens (including phenoxy) is 1. The van der Waals surface area contributed by atoms with E-state index in [1.54, 1.807) is 29.2 Å². The number of anilines is 1. The van der Waals surface area contributed by atoms with Crippen molar-refractivity contribution in [2.24, 2.45) is 5.92 Å². The summed E-state index contributed by atoms with van der Waals surface area (Å²) < 4.78 is 5.31. The van der Waals surface area contributed by atoms with Crippen LogP contribution in [0, 0.1) is 5.92 Å². The maximum Gasteiger partial charge on any atom is 0.410 e. The molecular formula is C19H19BN2O3. The molecule has 2 amide bonds. The lowest BCUT2D eigenvalue weighted by molar-refractivity contribution is -0.119. The largest absolute Gasteiger partial charge is 0.445 e. The zero-order valence-electron chi connectivity index (χ0n) is 13.9. The minimum Gasteiger partial charge on any atom is -0.445 e. The third-order valence-electron chi connectivity index (χ3n) is 4.20. The zero-order valence-corrected chi connectivity index (χ0v) is 13.9. The third kappa shape index (κ3) is 4.63. The maximum atomic E-state index is 12.3. The first-order valence-electron chi connectivity index (χ1n) is 8.24. The summed E-state index contributed by atoms with van der Waals surface area (Å²) in [5.74, 6) is -0.329. The van der Waals surface area contributed by atoms with E-state index in [1.165, 1.54) is 0 Å². The van der Waals surface area contributed by atoms with Crippen molar-refractivity contribution >= 4 is 31.0 Å². The second-order valence-corrected chi connectivity index (χ2v) is 6.08. The van der Waals surface area contributed by atoms with Gasteiger partial charge in [0, 0.05) is 18.8 Å². The summed E-state index contributed by atoms with van der Waals surface area (Å²) in [6, 6.07) is 16.5. The Balaban J connectivity index is 1.48. The molecule has 0 spiro atoms. The highest BCUT2D eigenvalue weighted by atomic mass is 16.6. The molecule has 1 fully saturated rings. The van der Waals surface area contributed by atoms with Crippen LogP contribution in [0.2, 0.25) is 0 Å². The van der Waals surface area contributed by atoms with Crippen LogP contribution in [0.25, 0.3) is 0 Å². The minimum atomic E-state index is -0.383. The maximum absolute atomic E-state index is 12.3. The first-order chi connectivity index (χ1) is 12.1. The molecule has 1 heterocycles. The molecule has 25 heavy (non-hydrogen) atoms. The standard InChI is InChI=1S/C19H19BN2O3/c20-16-6-8-17(9-7-16)21-18(23)15-10-11-22(12-15)19(24)25-13-14-4-2-1-3-5-14/h1-9,15H,10-13H2,(H,21,23). The Hall–Kier alpha value is -2.76. The van der Waals surface area contributed by atoms with E-state index in [-0.39, 0.29) is 24.5 Å². The quantitative estimate of drug-likeness (QED) is 0.871. The molecule has 5 nitrogen and oxygen atoms in total. The number of hydrogen-bond donors (Lipinski definition) is 1. The number of nitrogens with one attached hydrogen (secondary N) is 1. The van der Waals surface area contributed by atoms with Gasteiger partial charge in [0.1, 0.15) is 14.5 Å². The summed E-state index contributed by atoms with van der Waals surface area (Å²) in [5.41, 5.74) is 2.28. The molecule has 0 aliphatic carbocycles. The SMILES string of the molecule is [B]c1ccc(NC(=O)C2CCN(C(=O)OCc3ccccc3)C2)cc1. The number of benzene rings is 2. The first kappa shape index (κ1) is 17.1. The fraction of sp³-hybridized carbons (Fsp3) is 0.263. The molecule has 2 radical (unpaired) electrons. The first-order valence-corrected chi connectivity index (χ1v) is 8.24. The Kier molecular flexibility index (Phi) is 5.38. The average Bonchev–Trinajstić information content (AvgIpc) is 3.13. The minimum absolute atomic E-state index is 0.0943. The van der Waals surface area contributed by atoms with E-state index >= 15 is 0 Å². The van der Waals surface area contributed by atoms with Gasteiger partial charge in [0.2, 0.25) is 5.91 Å². The predicted molar refractivity (Wildman–Crippen MR) is 96.8 cm³/mol. The van der Waals surface area contributed by atoms with Gasteiger partial charge in [-0.3, -0.25) is 4.79 Å². The normalized spacial score (nSPS) is 16.5. The molecule has 2 aromatic rings. The molecule has 1 saturated heterocycles. The number of rotatable bonds is 4. The topological polar surface area (TPSA) is 58.6 Å². The number of nitrogens with zero attached hydrogens (tertiary/aromatic N) is 1. The lowest BCUT2D eigenvalue weighted by Crippen LogP contribution is -2.31. The Morgan fingerprint density at radius 2 is 1.84 bits per heavy atom. The van der Waals surface area contributed by atoms with Gasteiger partial charge in [-0.25, -0.2) is 4.79 Å². The summed E-state index contributed by atoms with van der Waals surface area (Å²) in [6.45, 7) is 1.13.